The second-order valence-corrected chi connectivity index (χ2v) is 7.35. The molecule has 0 atom stereocenters. The molecule has 0 saturated heterocycles. The smallest absolute Gasteiger partial charge is 0.273 e. The standard InChI is InChI=1S/C25H25N3O6/c1-33-22-12-11-17(15-23(22)34-2)13-14-26-25(30)19-8-4-5-9-20(19)27-24(29)16-18-7-3-6-10-21(18)28(31)32/h3-12,15H,13-14,16H2,1-2H3,(H,26,30)(H,27,29). The van der Waals surface area contributed by atoms with Gasteiger partial charge >= 0.3 is 0 Å². The van der Waals surface area contributed by atoms with Crippen LogP contribution in [0, 0.1) is 10.1 Å². The van der Waals surface area contributed by atoms with E-state index in [9.17, 15) is 19.7 Å². The second kappa shape index (κ2) is 11.5. The van der Waals surface area contributed by atoms with Crippen LogP contribution in [-0.2, 0) is 17.6 Å². The summed E-state index contributed by atoms with van der Waals surface area (Å²) in [5.74, 6) is 0.431. The molecule has 0 radical (unpaired) electrons. The van der Waals surface area contributed by atoms with Crippen molar-refractivity contribution in [1.29, 1.82) is 0 Å². The Balaban J connectivity index is 1.63. The monoisotopic (exact) mass is 463 g/mol. The van der Waals surface area contributed by atoms with Gasteiger partial charge in [0.1, 0.15) is 0 Å². The van der Waals surface area contributed by atoms with Gasteiger partial charge in [0, 0.05) is 18.2 Å². The summed E-state index contributed by atoms with van der Waals surface area (Å²) >= 11 is 0. The maximum Gasteiger partial charge on any atom is 0.273 e. The van der Waals surface area contributed by atoms with Crippen molar-refractivity contribution >= 4 is 23.2 Å². The number of ether oxygens (including phenoxy) is 2. The molecule has 0 bridgehead atoms. The fraction of sp³-hybridized carbons (Fsp3) is 0.200. The molecular formula is C25H25N3O6. The SMILES string of the molecule is COc1ccc(CCNC(=O)c2ccccc2NC(=O)Cc2ccccc2[N+](=O)[O-])cc1OC. The van der Waals surface area contributed by atoms with Crippen LogP contribution in [0.2, 0.25) is 0 Å². The number of hydrogen-bond acceptors (Lipinski definition) is 6. The zero-order valence-corrected chi connectivity index (χ0v) is 18.9. The molecule has 176 valence electrons. The third-order valence-corrected chi connectivity index (χ3v) is 5.13. The fourth-order valence-electron chi connectivity index (χ4n) is 3.45. The number of hydrogen-bond donors (Lipinski definition) is 2. The molecular weight excluding hydrogens is 438 g/mol. The molecule has 3 aromatic rings. The zero-order valence-electron chi connectivity index (χ0n) is 18.9. The Bertz CT molecular complexity index is 1190. The molecule has 0 saturated carbocycles. The normalized spacial score (nSPS) is 10.3. The number of methoxy groups -OCH3 is 2. The predicted octanol–water partition coefficient (Wildman–Crippen LogP) is 3.77. The molecule has 0 spiro atoms. The van der Waals surface area contributed by atoms with Crippen LogP contribution in [0.5, 0.6) is 11.5 Å². The topological polar surface area (TPSA) is 120 Å². The number of para-hydroxylation sites is 2. The minimum atomic E-state index is -0.525. The molecule has 3 rings (SSSR count). The van der Waals surface area contributed by atoms with Crippen LogP contribution >= 0.6 is 0 Å². The summed E-state index contributed by atoms with van der Waals surface area (Å²) in [7, 11) is 3.12. The summed E-state index contributed by atoms with van der Waals surface area (Å²) < 4.78 is 10.5. The highest BCUT2D eigenvalue weighted by molar-refractivity contribution is 6.04. The Kier molecular flexibility index (Phi) is 8.17. The van der Waals surface area contributed by atoms with E-state index in [0.29, 0.717) is 41.3 Å². The first-order valence-corrected chi connectivity index (χ1v) is 10.5. The Morgan fingerprint density at radius 3 is 2.38 bits per heavy atom. The average molecular weight is 463 g/mol. The van der Waals surface area contributed by atoms with Crippen molar-refractivity contribution in [3.05, 3.63) is 93.5 Å². The number of carbonyl (C=O) groups excluding carboxylic acids is 2. The van der Waals surface area contributed by atoms with E-state index in [-0.39, 0.29) is 18.0 Å². The van der Waals surface area contributed by atoms with Gasteiger partial charge in [-0.3, -0.25) is 19.7 Å². The van der Waals surface area contributed by atoms with Crippen LogP contribution in [0.1, 0.15) is 21.5 Å². The summed E-state index contributed by atoms with van der Waals surface area (Å²) in [4.78, 5) is 36.0. The van der Waals surface area contributed by atoms with Crippen LogP contribution in [0.4, 0.5) is 11.4 Å². The molecule has 9 nitrogen and oxygen atoms in total. The number of benzene rings is 3. The van der Waals surface area contributed by atoms with Gasteiger partial charge in [0.15, 0.2) is 11.5 Å². The van der Waals surface area contributed by atoms with E-state index in [4.69, 9.17) is 9.47 Å². The highest BCUT2D eigenvalue weighted by atomic mass is 16.6. The van der Waals surface area contributed by atoms with Crippen molar-refractivity contribution in [2.75, 3.05) is 26.1 Å². The van der Waals surface area contributed by atoms with Gasteiger partial charge in [-0.1, -0.05) is 36.4 Å². The van der Waals surface area contributed by atoms with Crippen LogP contribution in [0.15, 0.2) is 66.7 Å². The third kappa shape index (κ3) is 6.10. The number of nitro groups is 1. The Morgan fingerprint density at radius 2 is 1.65 bits per heavy atom. The second-order valence-electron chi connectivity index (χ2n) is 7.35. The van der Waals surface area contributed by atoms with Crippen molar-refractivity contribution < 1.29 is 24.0 Å². The molecule has 2 N–H and O–H groups in total. The Labute approximate surface area is 196 Å². The largest absolute Gasteiger partial charge is 0.493 e. The lowest BCUT2D eigenvalue weighted by molar-refractivity contribution is -0.385. The van der Waals surface area contributed by atoms with Gasteiger partial charge in [0.2, 0.25) is 5.91 Å². The van der Waals surface area contributed by atoms with E-state index in [1.54, 1.807) is 56.7 Å². The minimum Gasteiger partial charge on any atom is -0.493 e. The molecule has 0 unspecified atom stereocenters. The van der Waals surface area contributed by atoms with Gasteiger partial charge in [-0.05, 0) is 36.2 Å². The first-order valence-electron chi connectivity index (χ1n) is 10.5. The summed E-state index contributed by atoms with van der Waals surface area (Å²) in [6.45, 7) is 0.368. The number of nitrogens with zero attached hydrogens (tertiary/aromatic N) is 1. The van der Waals surface area contributed by atoms with Crippen molar-refractivity contribution in [3.8, 4) is 11.5 Å². The number of nitrogens with one attached hydrogen (secondary N) is 2. The number of amides is 2. The molecule has 2 amide bonds. The van der Waals surface area contributed by atoms with Crippen LogP contribution in [0.25, 0.3) is 0 Å². The maximum atomic E-state index is 12.8. The number of rotatable bonds is 10. The zero-order chi connectivity index (χ0) is 24.5. The van der Waals surface area contributed by atoms with E-state index in [1.165, 1.54) is 12.1 Å². The van der Waals surface area contributed by atoms with Crippen LogP contribution in [-0.4, -0.2) is 37.5 Å². The lowest BCUT2D eigenvalue weighted by atomic mass is 10.1. The van der Waals surface area contributed by atoms with Gasteiger partial charge in [-0.25, -0.2) is 0 Å². The fourth-order valence-corrected chi connectivity index (χ4v) is 3.45. The lowest BCUT2D eigenvalue weighted by Gasteiger charge is -2.12. The molecule has 0 aliphatic rings. The molecule has 0 aliphatic heterocycles. The minimum absolute atomic E-state index is 0.126. The molecule has 0 aromatic heterocycles. The first kappa shape index (κ1) is 24.2. The third-order valence-electron chi connectivity index (χ3n) is 5.13. The highest BCUT2D eigenvalue weighted by Gasteiger charge is 2.18. The van der Waals surface area contributed by atoms with Crippen LogP contribution in [0.3, 0.4) is 0 Å². The Morgan fingerprint density at radius 1 is 0.941 bits per heavy atom. The lowest BCUT2D eigenvalue weighted by Crippen LogP contribution is -2.27. The molecule has 0 heterocycles. The van der Waals surface area contributed by atoms with Gasteiger partial charge in [-0.2, -0.15) is 0 Å². The van der Waals surface area contributed by atoms with Crippen molar-refractivity contribution in [1.82, 2.24) is 5.32 Å². The van der Waals surface area contributed by atoms with Gasteiger partial charge in [0.25, 0.3) is 11.6 Å². The van der Waals surface area contributed by atoms with Crippen molar-refractivity contribution in [2.24, 2.45) is 0 Å². The average Bonchev–Trinajstić information content (AvgIpc) is 2.84. The molecule has 34 heavy (non-hydrogen) atoms. The van der Waals surface area contributed by atoms with E-state index < -0.39 is 10.8 Å². The highest BCUT2D eigenvalue weighted by Crippen LogP contribution is 2.27. The molecule has 9 heteroatoms. The summed E-state index contributed by atoms with van der Waals surface area (Å²) in [5, 5.41) is 16.7. The number of anilines is 1. The van der Waals surface area contributed by atoms with Gasteiger partial charge < -0.3 is 20.1 Å². The summed E-state index contributed by atoms with van der Waals surface area (Å²) in [5.41, 5.74) is 1.75. The quantitative estimate of drug-likeness (QED) is 0.349. The van der Waals surface area contributed by atoms with Crippen molar-refractivity contribution in [3.63, 3.8) is 0 Å². The first-order chi connectivity index (χ1) is 16.4. The van der Waals surface area contributed by atoms with E-state index in [0.717, 1.165) is 5.56 Å². The number of nitro benzene ring substituents is 1. The Hall–Kier alpha value is -4.40. The molecule has 0 fully saturated rings. The molecule has 0 aliphatic carbocycles. The predicted molar refractivity (Wildman–Crippen MR) is 127 cm³/mol. The summed E-state index contributed by atoms with van der Waals surface area (Å²) in [6, 6.07) is 18.2. The summed E-state index contributed by atoms with van der Waals surface area (Å²) in [6.07, 6.45) is 0.380. The van der Waals surface area contributed by atoms with Gasteiger partial charge in [-0.15, -0.1) is 0 Å². The molecule has 3 aromatic carbocycles. The van der Waals surface area contributed by atoms with E-state index in [1.807, 2.05) is 12.1 Å². The van der Waals surface area contributed by atoms with E-state index >= 15 is 0 Å². The van der Waals surface area contributed by atoms with Crippen molar-refractivity contribution in [2.45, 2.75) is 12.8 Å². The van der Waals surface area contributed by atoms with E-state index in [2.05, 4.69) is 10.6 Å². The maximum absolute atomic E-state index is 12.8. The van der Waals surface area contributed by atoms with Gasteiger partial charge in [0.05, 0.1) is 36.8 Å². The van der Waals surface area contributed by atoms with Crippen LogP contribution < -0.4 is 20.1 Å². The number of carbonyl (C=O) groups is 2.